The molecule has 2 aromatic rings. The van der Waals surface area contributed by atoms with Crippen molar-refractivity contribution in [3.8, 4) is 0 Å². The van der Waals surface area contributed by atoms with Crippen LogP contribution in [0.15, 0.2) is 60.7 Å². The maximum absolute atomic E-state index is 12.0. The van der Waals surface area contributed by atoms with Crippen LogP contribution in [-0.4, -0.2) is 22.4 Å². The van der Waals surface area contributed by atoms with Gasteiger partial charge in [0.15, 0.2) is 5.78 Å². The van der Waals surface area contributed by atoms with Gasteiger partial charge in [0.05, 0.1) is 0 Å². The maximum atomic E-state index is 12.0. The van der Waals surface area contributed by atoms with E-state index in [1.165, 1.54) is 5.56 Å². The minimum Gasteiger partial charge on any atom is -0.371 e. The predicted octanol–water partition coefficient (Wildman–Crippen LogP) is 4.50. The Bertz CT molecular complexity index is 614. The van der Waals surface area contributed by atoms with Crippen molar-refractivity contribution in [3.63, 3.8) is 0 Å². The zero-order chi connectivity index (χ0) is 16.3. The highest BCUT2D eigenvalue weighted by atomic mass is 32.2. The van der Waals surface area contributed by atoms with Gasteiger partial charge in [0.2, 0.25) is 0 Å². The van der Waals surface area contributed by atoms with E-state index in [0.717, 1.165) is 35.0 Å². The highest BCUT2D eigenvalue weighted by Gasteiger charge is 2.05. The summed E-state index contributed by atoms with van der Waals surface area (Å²) >= 11 is 6.84. The second-order valence-electron chi connectivity index (χ2n) is 5.19. The number of carbonyl (C=O) groups excluding carboxylic acids is 1. The molecule has 2 aromatic carbocycles. The van der Waals surface area contributed by atoms with Crippen LogP contribution < -0.4 is 5.32 Å². The van der Waals surface area contributed by atoms with Gasteiger partial charge < -0.3 is 5.32 Å². The van der Waals surface area contributed by atoms with Gasteiger partial charge in [-0.15, -0.1) is 0 Å². The van der Waals surface area contributed by atoms with E-state index < -0.39 is 0 Å². The number of nitrogens with one attached hydrogen (secondary N) is 1. The predicted molar refractivity (Wildman–Crippen MR) is 103 cm³/mol. The first-order valence-electron chi connectivity index (χ1n) is 7.78. The third kappa shape index (κ3) is 6.97. The number of hydrogen-bond donors (Lipinski definition) is 1. The van der Waals surface area contributed by atoms with Crippen LogP contribution in [0.5, 0.6) is 0 Å². The number of thiocarbonyl (C=S) groups is 1. The van der Waals surface area contributed by atoms with Gasteiger partial charge in [-0.3, -0.25) is 4.79 Å². The summed E-state index contributed by atoms with van der Waals surface area (Å²) in [5, 5.41) is 3.25. The van der Waals surface area contributed by atoms with Crippen molar-refractivity contribution >= 4 is 34.1 Å². The van der Waals surface area contributed by atoms with E-state index in [1.807, 2.05) is 36.4 Å². The molecule has 0 aliphatic heterocycles. The molecular weight excluding hydrogens is 322 g/mol. The summed E-state index contributed by atoms with van der Waals surface area (Å²) in [5.74, 6) is 0.892. The molecule has 0 amide bonds. The lowest BCUT2D eigenvalue weighted by molar-refractivity contribution is 0.0989. The molecule has 1 N–H and O–H groups in total. The minimum atomic E-state index is 0.171. The second kappa shape index (κ2) is 10.2. The molecule has 0 spiro atoms. The lowest BCUT2D eigenvalue weighted by atomic mass is 10.1. The van der Waals surface area contributed by atoms with E-state index in [4.69, 9.17) is 12.2 Å². The van der Waals surface area contributed by atoms with Crippen LogP contribution >= 0.6 is 24.0 Å². The smallest absolute Gasteiger partial charge is 0.163 e. The molecule has 2 nitrogen and oxygen atoms in total. The van der Waals surface area contributed by atoms with E-state index in [9.17, 15) is 4.79 Å². The number of aryl methyl sites for hydroxylation is 1. The molecular formula is C19H21NOS2. The monoisotopic (exact) mass is 343 g/mol. The van der Waals surface area contributed by atoms with Crippen molar-refractivity contribution in [3.05, 3.63) is 71.8 Å². The lowest BCUT2D eigenvalue weighted by Gasteiger charge is -2.07. The first-order valence-corrected chi connectivity index (χ1v) is 9.18. The van der Waals surface area contributed by atoms with E-state index in [1.54, 1.807) is 11.8 Å². The van der Waals surface area contributed by atoms with E-state index in [0.29, 0.717) is 6.42 Å². The maximum Gasteiger partial charge on any atom is 0.163 e. The van der Waals surface area contributed by atoms with Gasteiger partial charge in [0.25, 0.3) is 0 Å². The molecule has 23 heavy (non-hydrogen) atoms. The van der Waals surface area contributed by atoms with Crippen molar-refractivity contribution in [1.82, 2.24) is 5.32 Å². The van der Waals surface area contributed by atoms with Gasteiger partial charge in [-0.2, -0.15) is 0 Å². The van der Waals surface area contributed by atoms with Gasteiger partial charge in [0.1, 0.15) is 4.32 Å². The van der Waals surface area contributed by atoms with Crippen molar-refractivity contribution in [2.24, 2.45) is 0 Å². The molecule has 0 aliphatic carbocycles. The Balaban J connectivity index is 1.56. The number of rotatable bonds is 8. The third-order valence-electron chi connectivity index (χ3n) is 3.41. The summed E-state index contributed by atoms with van der Waals surface area (Å²) in [6, 6.07) is 19.8. The molecule has 2 rings (SSSR count). The van der Waals surface area contributed by atoms with Crippen LogP contribution in [0, 0.1) is 0 Å². The fourth-order valence-corrected chi connectivity index (χ4v) is 3.21. The SMILES string of the molecule is O=C(CCSC(=S)NCCCc1ccccc1)c1ccccc1. The highest BCUT2D eigenvalue weighted by molar-refractivity contribution is 8.22. The summed E-state index contributed by atoms with van der Waals surface area (Å²) < 4.78 is 0.777. The number of ketones is 1. The molecule has 0 saturated heterocycles. The van der Waals surface area contributed by atoms with Crippen molar-refractivity contribution in [1.29, 1.82) is 0 Å². The molecule has 0 atom stereocenters. The van der Waals surface area contributed by atoms with Crippen molar-refractivity contribution in [2.45, 2.75) is 19.3 Å². The summed E-state index contributed by atoms with van der Waals surface area (Å²) in [6.07, 6.45) is 2.61. The number of carbonyl (C=O) groups is 1. The molecule has 0 fully saturated rings. The van der Waals surface area contributed by atoms with Gasteiger partial charge in [-0.25, -0.2) is 0 Å². The standard InChI is InChI=1S/C19H21NOS2/c21-18(17-11-5-2-6-12-17)13-15-23-19(22)20-14-7-10-16-8-3-1-4-9-16/h1-6,8-9,11-12H,7,10,13-15H2,(H,20,22). The fourth-order valence-electron chi connectivity index (χ4n) is 2.18. The summed E-state index contributed by atoms with van der Waals surface area (Å²) in [4.78, 5) is 12.0. The Morgan fingerprint density at radius 3 is 2.35 bits per heavy atom. The molecule has 0 unspecified atom stereocenters. The second-order valence-corrected chi connectivity index (χ2v) is 6.96. The fraction of sp³-hybridized carbons (Fsp3) is 0.263. The molecule has 0 aromatic heterocycles. The molecule has 0 radical (unpaired) electrons. The van der Waals surface area contributed by atoms with Gasteiger partial charge in [-0.05, 0) is 18.4 Å². The van der Waals surface area contributed by atoms with Crippen LogP contribution in [0.4, 0.5) is 0 Å². The Hall–Kier alpha value is -1.65. The van der Waals surface area contributed by atoms with Crippen LogP contribution in [0.3, 0.4) is 0 Å². The average molecular weight is 344 g/mol. The van der Waals surface area contributed by atoms with Crippen molar-refractivity contribution < 1.29 is 4.79 Å². The number of hydrogen-bond acceptors (Lipinski definition) is 3. The van der Waals surface area contributed by atoms with Crippen LogP contribution in [-0.2, 0) is 6.42 Å². The molecule has 0 aliphatic rings. The van der Waals surface area contributed by atoms with Gasteiger partial charge >= 0.3 is 0 Å². The summed E-state index contributed by atoms with van der Waals surface area (Å²) in [6.45, 7) is 0.868. The van der Waals surface area contributed by atoms with E-state index in [-0.39, 0.29) is 5.78 Å². The third-order valence-corrected chi connectivity index (χ3v) is 4.73. The molecule has 0 heterocycles. The Morgan fingerprint density at radius 1 is 1.00 bits per heavy atom. The highest BCUT2D eigenvalue weighted by Crippen LogP contribution is 2.09. The minimum absolute atomic E-state index is 0.171. The zero-order valence-corrected chi connectivity index (χ0v) is 14.7. The largest absolute Gasteiger partial charge is 0.371 e. The van der Waals surface area contributed by atoms with Crippen LogP contribution in [0.1, 0.15) is 28.8 Å². The number of benzene rings is 2. The Labute approximate surface area is 147 Å². The first kappa shape index (κ1) is 17.7. The Morgan fingerprint density at radius 2 is 1.65 bits per heavy atom. The summed E-state index contributed by atoms with van der Waals surface area (Å²) in [7, 11) is 0. The van der Waals surface area contributed by atoms with E-state index in [2.05, 4.69) is 29.6 Å². The number of Topliss-reactive ketones (excluding diaryl/α,β-unsaturated/α-hetero) is 1. The van der Waals surface area contributed by atoms with Gasteiger partial charge in [0, 0.05) is 24.3 Å². The first-order chi connectivity index (χ1) is 11.3. The van der Waals surface area contributed by atoms with Gasteiger partial charge in [-0.1, -0.05) is 84.6 Å². The van der Waals surface area contributed by atoms with Crippen molar-refractivity contribution in [2.75, 3.05) is 12.3 Å². The van der Waals surface area contributed by atoms with Crippen LogP contribution in [0.25, 0.3) is 0 Å². The molecule has 0 bridgehead atoms. The summed E-state index contributed by atoms with van der Waals surface area (Å²) in [5.41, 5.74) is 2.12. The lowest BCUT2D eigenvalue weighted by Crippen LogP contribution is -2.20. The molecule has 120 valence electrons. The topological polar surface area (TPSA) is 29.1 Å². The van der Waals surface area contributed by atoms with E-state index >= 15 is 0 Å². The Kier molecular flexibility index (Phi) is 7.84. The normalized spacial score (nSPS) is 10.3. The number of thioether (sulfide) groups is 1. The molecule has 4 heteroatoms. The average Bonchev–Trinajstić information content (AvgIpc) is 2.60. The zero-order valence-electron chi connectivity index (χ0n) is 13.0. The quantitative estimate of drug-likeness (QED) is 0.434. The van der Waals surface area contributed by atoms with Crippen LogP contribution in [0.2, 0.25) is 0 Å². The molecule has 0 saturated carbocycles.